The number of fused-ring (bicyclic) bond motifs is 1. The first-order valence-corrected chi connectivity index (χ1v) is 10.6. The number of hydrogen-bond acceptors (Lipinski definition) is 6. The average molecular weight is 387 g/mol. The van der Waals surface area contributed by atoms with Crippen LogP contribution in [0.3, 0.4) is 0 Å². The summed E-state index contributed by atoms with van der Waals surface area (Å²) < 4.78 is 7.07. The lowest BCUT2D eigenvalue weighted by Gasteiger charge is -2.38. The molecule has 1 fully saturated rings. The molecule has 0 amide bonds. The molecule has 2 atom stereocenters. The normalized spacial score (nSPS) is 22.0. The van der Waals surface area contributed by atoms with Gasteiger partial charge in [0.25, 0.3) is 5.91 Å². The van der Waals surface area contributed by atoms with Crippen molar-refractivity contribution in [2.24, 2.45) is 5.92 Å². The minimum atomic E-state index is -0.216. The van der Waals surface area contributed by atoms with Crippen LogP contribution in [0, 0.1) is 12.8 Å². The number of rotatable bonds is 5. The molecule has 27 heavy (non-hydrogen) atoms. The molecular weight excluding hydrogens is 360 g/mol. The predicted molar refractivity (Wildman–Crippen MR) is 105 cm³/mol. The highest BCUT2D eigenvalue weighted by molar-refractivity contribution is 8.00. The van der Waals surface area contributed by atoms with Crippen LogP contribution in [-0.4, -0.2) is 50.5 Å². The van der Waals surface area contributed by atoms with Gasteiger partial charge in [-0.2, -0.15) is 4.68 Å². The summed E-state index contributed by atoms with van der Waals surface area (Å²) in [5.41, 5.74) is 1.15. The molecule has 0 radical (unpaired) electrons. The van der Waals surface area contributed by atoms with Gasteiger partial charge in [0.15, 0.2) is 5.16 Å². The Morgan fingerprint density at radius 2 is 1.96 bits per heavy atom. The van der Waals surface area contributed by atoms with Crippen molar-refractivity contribution >= 4 is 17.7 Å². The molecule has 1 aromatic carbocycles. The second-order valence-corrected chi connectivity index (χ2v) is 8.50. The van der Waals surface area contributed by atoms with E-state index >= 15 is 0 Å². The summed E-state index contributed by atoms with van der Waals surface area (Å²) in [6, 6.07) is 8.23. The lowest BCUT2D eigenvalue weighted by molar-refractivity contribution is 0.0799. The molecule has 1 aromatic heterocycles. The number of piperidine rings is 1. The standard InChI is InChI=1S/C20H26N4O2S/c1-4-26-16-7-5-15(6-8-16)17(23-11-9-13(2)10-12-23)18-19(25)24-20(27-18)21-14(3)22-24/h5-8,13,17-18H,4,9-12H2,1-3H3. The summed E-state index contributed by atoms with van der Waals surface area (Å²) >= 11 is 1.54. The molecule has 2 aliphatic heterocycles. The number of nitrogens with zero attached hydrogens (tertiary/aromatic N) is 4. The Bertz CT molecular complexity index is 812. The third-order valence-corrected chi connectivity index (χ3v) is 6.59. The highest BCUT2D eigenvalue weighted by atomic mass is 32.2. The molecule has 0 bridgehead atoms. The molecule has 2 aliphatic rings. The van der Waals surface area contributed by atoms with Crippen LogP contribution < -0.4 is 4.74 Å². The first-order chi connectivity index (χ1) is 13.1. The minimum absolute atomic E-state index is 0.0227. The first-order valence-electron chi connectivity index (χ1n) is 9.68. The zero-order valence-electron chi connectivity index (χ0n) is 16.1. The first kappa shape index (κ1) is 18.5. The fourth-order valence-electron chi connectivity index (χ4n) is 3.91. The highest BCUT2D eigenvalue weighted by Crippen LogP contribution is 2.42. The van der Waals surface area contributed by atoms with Gasteiger partial charge in [0.05, 0.1) is 12.6 Å². The van der Waals surface area contributed by atoms with Crippen molar-refractivity contribution in [1.82, 2.24) is 19.7 Å². The van der Waals surface area contributed by atoms with Crippen LogP contribution in [0.15, 0.2) is 29.4 Å². The molecule has 0 aliphatic carbocycles. The Labute approximate surface area is 164 Å². The SMILES string of the molecule is CCOc1ccc(C(C2Sc3nc(C)nn3C2=O)N2CCC(C)CC2)cc1. The summed E-state index contributed by atoms with van der Waals surface area (Å²) in [4.78, 5) is 20.0. The molecule has 1 saturated heterocycles. The van der Waals surface area contributed by atoms with Gasteiger partial charge in [-0.05, 0) is 63.4 Å². The van der Waals surface area contributed by atoms with E-state index in [4.69, 9.17) is 4.74 Å². The zero-order valence-corrected chi connectivity index (χ0v) is 16.9. The van der Waals surface area contributed by atoms with Crippen molar-refractivity contribution in [3.63, 3.8) is 0 Å². The van der Waals surface area contributed by atoms with Crippen LogP contribution >= 0.6 is 11.8 Å². The predicted octanol–water partition coefficient (Wildman–Crippen LogP) is 3.57. The molecule has 4 rings (SSSR count). The van der Waals surface area contributed by atoms with E-state index in [0.29, 0.717) is 17.6 Å². The second-order valence-electron chi connectivity index (χ2n) is 7.40. The summed E-state index contributed by atoms with van der Waals surface area (Å²) in [7, 11) is 0. The molecule has 0 N–H and O–H groups in total. The quantitative estimate of drug-likeness (QED) is 0.783. The fraction of sp³-hybridized carbons (Fsp3) is 0.550. The molecule has 7 heteroatoms. The molecular formula is C20H26N4O2S. The van der Waals surface area contributed by atoms with Crippen molar-refractivity contribution in [3.05, 3.63) is 35.7 Å². The number of benzene rings is 1. The van der Waals surface area contributed by atoms with Crippen molar-refractivity contribution in [3.8, 4) is 5.75 Å². The number of hydrogen-bond donors (Lipinski definition) is 0. The van der Waals surface area contributed by atoms with Crippen molar-refractivity contribution in [1.29, 1.82) is 0 Å². The van der Waals surface area contributed by atoms with Gasteiger partial charge >= 0.3 is 0 Å². The average Bonchev–Trinajstić information content (AvgIpc) is 3.16. The van der Waals surface area contributed by atoms with E-state index in [0.717, 1.165) is 30.3 Å². The van der Waals surface area contributed by atoms with E-state index in [9.17, 15) is 4.79 Å². The summed E-state index contributed by atoms with van der Waals surface area (Å²) in [5.74, 6) is 2.29. The van der Waals surface area contributed by atoms with Crippen LogP contribution in [0.5, 0.6) is 5.75 Å². The number of aryl methyl sites for hydroxylation is 1. The zero-order chi connectivity index (χ0) is 19.0. The topological polar surface area (TPSA) is 60.3 Å². The largest absolute Gasteiger partial charge is 0.494 e. The maximum Gasteiger partial charge on any atom is 0.264 e. The number of thioether (sulfide) groups is 1. The molecule has 0 saturated carbocycles. The van der Waals surface area contributed by atoms with Gasteiger partial charge in [-0.3, -0.25) is 9.69 Å². The van der Waals surface area contributed by atoms with E-state index in [1.807, 2.05) is 26.0 Å². The fourth-order valence-corrected chi connectivity index (χ4v) is 5.21. The van der Waals surface area contributed by atoms with E-state index < -0.39 is 0 Å². The van der Waals surface area contributed by atoms with Gasteiger partial charge in [-0.15, -0.1) is 5.10 Å². The van der Waals surface area contributed by atoms with Gasteiger partial charge in [0.1, 0.15) is 16.8 Å². The maximum atomic E-state index is 13.1. The monoisotopic (exact) mass is 386 g/mol. The smallest absolute Gasteiger partial charge is 0.264 e. The van der Waals surface area contributed by atoms with Gasteiger partial charge in [0, 0.05) is 0 Å². The van der Waals surface area contributed by atoms with Crippen LogP contribution in [-0.2, 0) is 0 Å². The van der Waals surface area contributed by atoms with E-state index in [1.54, 1.807) is 11.8 Å². The lowest BCUT2D eigenvalue weighted by atomic mass is 9.94. The van der Waals surface area contributed by atoms with E-state index in [-0.39, 0.29) is 17.2 Å². The summed E-state index contributed by atoms with van der Waals surface area (Å²) in [6.07, 6.45) is 2.34. The van der Waals surface area contributed by atoms with E-state index in [1.165, 1.54) is 17.5 Å². The minimum Gasteiger partial charge on any atom is -0.494 e. The van der Waals surface area contributed by atoms with Crippen LogP contribution in [0.25, 0.3) is 0 Å². The Hall–Kier alpha value is -1.86. The number of aromatic nitrogens is 3. The number of likely N-dealkylation sites (tertiary alicyclic amines) is 1. The van der Waals surface area contributed by atoms with Crippen LogP contribution in [0.4, 0.5) is 0 Å². The van der Waals surface area contributed by atoms with Crippen molar-refractivity contribution in [2.75, 3.05) is 19.7 Å². The number of carbonyl (C=O) groups excluding carboxylic acids is 1. The number of ether oxygens (including phenoxy) is 1. The summed E-state index contributed by atoms with van der Waals surface area (Å²) in [6.45, 7) is 8.78. The molecule has 3 heterocycles. The van der Waals surface area contributed by atoms with Gasteiger partial charge in [-0.1, -0.05) is 30.8 Å². The Morgan fingerprint density at radius 3 is 2.59 bits per heavy atom. The van der Waals surface area contributed by atoms with Gasteiger partial charge in [-0.25, -0.2) is 4.98 Å². The van der Waals surface area contributed by atoms with Gasteiger partial charge in [0.2, 0.25) is 0 Å². The van der Waals surface area contributed by atoms with Crippen molar-refractivity contribution in [2.45, 2.75) is 50.1 Å². The van der Waals surface area contributed by atoms with Crippen LogP contribution in [0.2, 0.25) is 0 Å². The Balaban J connectivity index is 1.64. The Morgan fingerprint density at radius 1 is 1.26 bits per heavy atom. The lowest BCUT2D eigenvalue weighted by Crippen LogP contribution is -2.42. The summed E-state index contributed by atoms with van der Waals surface area (Å²) in [5, 5.41) is 4.79. The van der Waals surface area contributed by atoms with E-state index in [2.05, 4.69) is 34.0 Å². The molecule has 2 aromatic rings. The molecule has 2 unspecified atom stereocenters. The number of carbonyl (C=O) groups is 1. The second kappa shape index (κ2) is 7.64. The van der Waals surface area contributed by atoms with Crippen molar-refractivity contribution < 1.29 is 9.53 Å². The molecule has 0 spiro atoms. The van der Waals surface area contributed by atoms with Gasteiger partial charge < -0.3 is 4.74 Å². The maximum absolute atomic E-state index is 13.1. The molecule has 6 nitrogen and oxygen atoms in total. The highest BCUT2D eigenvalue weighted by Gasteiger charge is 2.43. The Kier molecular flexibility index (Phi) is 5.23. The third kappa shape index (κ3) is 3.62. The molecule has 144 valence electrons. The van der Waals surface area contributed by atoms with Crippen LogP contribution in [0.1, 0.15) is 48.9 Å². The third-order valence-electron chi connectivity index (χ3n) is 5.40.